The Kier molecular flexibility index (Phi) is 4.92. The molecule has 0 rings (SSSR count). The van der Waals surface area contributed by atoms with Gasteiger partial charge in [-0.05, 0) is 51.3 Å². The second-order valence-corrected chi connectivity index (χ2v) is 3.71. The predicted octanol–water partition coefficient (Wildman–Crippen LogP) is 3.41. The van der Waals surface area contributed by atoms with Crippen LogP contribution in [0.4, 0.5) is 0 Å². The number of rotatable bonds is 2. The Hall–Kier alpha value is -0.630. The molecule has 0 aromatic heterocycles. The highest BCUT2D eigenvalue weighted by molar-refractivity contribution is 7.84. The van der Waals surface area contributed by atoms with Crippen LogP contribution in [0.2, 0.25) is 0 Å². The van der Waals surface area contributed by atoms with E-state index >= 15 is 0 Å². The fraction of sp³-hybridized carbons (Fsp3) is 0.455. The van der Waals surface area contributed by atoms with Crippen molar-refractivity contribution >= 4 is 12.6 Å². The van der Waals surface area contributed by atoms with Crippen LogP contribution in [0.5, 0.6) is 0 Å². The molecule has 0 fully saturated rings. The molecule has 0 aliphatic heterocycles. The molecule has 0 aromatic rings. The van der Waals surface area contributed by atoms with Gasteiger partial charge in [0.05, 0.1) is 5.03 Å². The Labute approximate surface area is 86.8 Å². The average Bonchev–Trinajstić information content (AvgIpc) is 2.12. The first-order valence-corrected chi connectivity index (χ1v) is 4.83. The molecule has 0 unspecified atom stereocenters. The highest BCUT2D eigenvalue weighted by Gasteiger charge is 2.02. The van der Waals surface area contributed by atoms with E-state index in [-0.39, 0.29) is 0 Å². The summed E-state index contributed by atoms with van der Waals surface area (Å²) in [6.45, 7) is 10.3. The lowest BCUT2D eigenvalue weighted by atomic mass is 9.99. The molecule has 0 saturated heterocycles. The van der Waals surface area contributed by atoms with E-state index in [1.54, 1.807) is 0 Å². The highest BCUT2D eigenvalue weighted by Crippen LogP contribution is 2.21. The molecule has 13 heavy (non-hydrogen) atoms. The average molecular weight is 197 g/mol. The Morgan fingerprint density at radius 1 is 1.00 bits per heavy atom. The van der Waals surface area contributed by atoms with E-state index in [0.29, 0.717) is 5.03 Å². The van der Waals surface area contributed by atoms with Crippen LogP contribution in [-0.4, -0.2) is 0 Å². The van der Waals surface area contributed by atoms with E-state index < -0.39 is 0 Å². The van der Waals surface area contributed by atoms with Crippen LogP contribution in [0.15, 0.2) is 33.4 Å². The molecule has 0 saturated carbocycles. The van der Waals surface area contributed by atoms with E-state index in [9.17, 15) is 0 Å². The van der Waals surface area contributed by atoms with Crippen LogP contribution >= 0.6 is 12.6 Å². The molecule has 2 heteroatoms. The zero-order valence-corrected chi connectivity index (χ0v) is 10.00. The largest absolute Gasteiger partial charge is 0.394 e. The summed E-state index contributed by atoms with van der Waals surface area (Å²) < 4.78 is 0. The summed E-state index contributed by atoms with van der Waals surface area (Å²) in [6, 6.07) is 0. The minimum atomic E-state index is 0.598. The lowest BCUT2D eigenvalue weighted by Gasteiger charge is -2.09. The van der Waals surface area contributed by atoms with Crippen molar-refractivity contribution in [3.63, 3.8) is 0 Å². The minimum Gasteiger partial charge on any atom is -0.394 e. The van der Waals surface area contributed by atoms with Crippen molar-refractivity contribution in [2.75, 3.05) is 0 Å². The minimum absolute atomic E-state index is 0.598. The third-order valence-corrected chi connectivity index (χ3v) is 2.87. The van der Waals surface area contributed by atoms with Gasteiger partial charge in [-0.3, -0.25) is 0 Å². The van der Waals surface area contributed by atoms with Crippen molar-refractivity contribution in [1.82, 2.24) is 0 Å². The van der Waals surface area contributed by atoms with Crippen molar-refractivity contribution in [2.24, 2.45) is 5.73 Å². The summed E-state index contributed by atoms with van der Waals surface area (Å²) in [6.07, 6.45) is 2.10. The lowest BCUT2D eigenvalue weighted by Crippen LogP contribution is -1.96. The summed E-state index contributed by atoms with van der Waals surface area (Å²) in [4.78, 5) is 0. The van der Waals surface area contributed by atoms with Crippen molar-refractivity contribution in [2.45, 2.75) is 34.6 Å². The molecule has 0 bridgehead atoms. The van der Waals surface area contributed by atoms with Crippen LogP contribution in [0.25, 0.3) is 0 Å². The van der Waals surface area contributed by atoms with Gasteiger partial charge in [-0.2, -0.15) is 0 Å². The van der Waals surface area contributed by atoms with Gasteiger partial charge in [0, 0.05) is 0 Å². The number of thiol groups is 1. The summed E-state index contributed by atoms with van der Waals surface area (Å²) in [5.74, 6) is 0. The molecule has 2 N–H and O–H groups in total. The molecular formula is C11H19NS. The normalized spacial score (nSPS) is 16.6. The fourth-order valence-corrected chi connectivity index (χ4v) is 1.15. The van der Waals surface area contributed by atoms with Gasteiger partial charge in [0.15, 0.2) is 0 Å². The topological polar surface area (TPSA) is 26.0 Å². The first kappa shape index (κ1) is 12.4. The smallest absolute Gasteiger partial charge is 0.0656 e. The Morgan fingerprint density at radius 3 is 1.77 bits per heavy atom. The van der Waals surface area contributed by atoms with Crippen LogP contribution in [0, 0.1) is 0 Å². The summed E-state index contributed by atoms with van der Waals surface area (Å²) >= 11 is 4.13. The van der Waals surface area contributed by atoms with E-state index in [0.717, 1.165) is 5.57 Å². The molecule has 74 valence electrons. The molecule has 0 aromatic carbocycles. The van der Waals surface area contributed by atoms with Gasteiger partial charge in [-0.15, -0.1) is 12.6 Å². The number of hydrogen-bond donors (Lipinski definition) is 2. The molecule has 0 spiro atoms. The lowest BCUT2D eigenvalue weighted by molar-refractivity contribution is 1.20. The second kappa shape index (κ2) is 5.18. The molecular weight excluding hydrogens is 178 g/mol. The Bertz CT molecular complexity index is 278. The first-order chi connectivity index (χ1) is 5.91. The van der Waals surface area contributed by atoms with Gasteiger partial charge in [0.2, 0.25) is 0 Å². The van der Waals surface area contributed by atoms with Gasteiger partial charge in [-0.1, -0.05) is 11.6 Å². The van der Waals surface area contributed by atoms with Gasteiger partial charge >= 0.3 is 0 Å². The molecule has 0 radical (unpaired) electrons. The number of allylic oxidation sites excluding steroid dienone is 5. The second-order valence-electron chi connectivity index (χ2n) is 3.23. The van der Waals surface area contributed by atoms with Gasteiger partial charge < -0.3 is 5.73 Å². The van der Waals surface area contributed by atoms with E-state index in [1.807, 2.05) is 13.8 Å². The van der Waals surface area contributed by atoms with Gasteiger partial charge in [0.1, 0.15) is 0 Å². The fourth-order valence-electron chi connectivity index (χ4n) is 0.986. The summed E-state index contributed by atoms with van der Waals surface area (Å²) in [7, 11) is 0. The summed E-state index contributed by atoms with van der Waals surface area (Å²) in [5, 5.41) is 0.598. The van der Waals surface area contributed by atoms with Crippen LogP contribution in [0.1, 0.15) is 34.6 Å². The first-order valence-electron chi connectivity index (χ1n) is 4.38. The maximum absolute atomic E-state index is 5.61. The van der Waals surface area contributed by atoms with Crippen molar-refractivity contribution in [1.29, 1.82) is 0 Å². The van der Waals surface area contributed by atoms with Crippen molar-refractivity contribution < 1.29 is 0 Å². The molecule has 0 aliphatic rings. The molecule has 1 nitrogen and oxygen atoms in total. The van der Waals surface area contributed by atoms with Crippen LogP contribution in [0.3, 0.4) is 0 Å². The van der Waals surface area contributed by atoms with Gasteiger partial charge in [-0.25, -0.2) is 0 Å². The Balaban J connectivity index is 5.17. The molecule has 0 aliphatic carbocycles. The van der Waals surface area contributed by atoms with Gasteiger partial charge in [0.25, 0.3) is 0 Å². The third kappa shape index (κ3) is 3.31. The summed E-state index contributed by atoms with van der Waals surface area (Å²) in [5.41, 5.74) is 10.4. The SMILES string of the molecule is C/C=C(C)/C(C)=C(C)\C(C)=C(\N)S. The monoisotopic (exact) mass is 197 g/mol. The third-order valence-electron chi connectivity index (χ3n) is 2.53. The van der Waals surface area contributed by atoms with Crippen molar-refractivity contribution in [3.05, 3.63) is 33.4 Å². The zero-order valence-electron chi connectivity index (χ0n) is 9.10. The molecule has 0 amide bonds. The van der Waals surface area contributed by atoms with Crippen molar-refractivity contribution in [3.8, 4) is 0 Å². The highest BCUT2D eigenvalue weighted by atomic mass is 32.1. The van der Waals surface area contributed by atoms with E-state index in [4.69, 9.17) is 5.73 Å². The predicted molar refractivity (Wildman–Crippen MR) is 63.7 cm³/mol. The number of hydrogen-bond acceptors (Lipinski definition) is 2. The molecule has 0 heterocycles. The maximum Gasteiger partial charge on any atom is 0.0656 e. The van der Waals surface area contributed by atoms with Crippen LogP contribution < -0.4 is 5.73 Å². The zero-order chi connectivity index (χ0) is 10.6. The molecule has 0 atom stereocenters. The quantitative estimate of drug-likeness (QED) is 0.515. The van der Waals surface area contributed by atoms with Crippen LogP contribution in [-0.2, 0) is 0 Å². The van der Waals surface area contributed by atoms with E-state index in [2.05, 4.69) is 39.5 Å². The van der Waals surface area contributed by atoms with E-state index in [1.165, 1.54) is 16.7 Å². The maximum atomic E-state index is 5.61. The number of nitrogens with two attached hydrogens (primary N) is 1. The Morgan fingerprint density at radius 2 is 1.46 bits per heavy atom. The standard InChI is InChI=1S/C11H19NS/c1-6-7(2)8(3)9(4)10(5)11(12)13/h6,13H,12H2,1-5H3/b7-6+,9-8-,11-10-.